The highest BCUT2D eigenvalue weighted by Gasteiger charge is 2.16. The van der Waals surface area contributed by atoms with Crippen LogP contribution in [0.15, 0.2) is 52.2 Å². The van der Waals surface area contributed by atoms with Gasteiger partial charge in [0.2, 0.25) is 0 Å². The standard InChI is InChI=1S/C16H12BrN3O/c17-11-2-4-16-18-8-13(20(16)9-11)6-12-5-10-1-3-14(21)7-15(10)19-12/h1-4,7-9,21H,5-6H2. The number of phenolic OH excluding ortho intramolecular Hbond substituents is 1. The highest BCUT2D eigenvalue weighted by Crippen LogP contribution is 2.31. The summed E-state index contributed by atoms with van der Waals surface area (Å²) in [6.45, 7) is 0. The molecule has 4 nitrogen and oxygen atoms in total. The Labute approximate surface area is 129 Å². The van der Waals surface area contributed by atoms with Gasteiger partial charge in [-0.2, -0.15) is 0 Å². The molecule has 3 aromatic rings. The third-order valence-corrected chi connectivity index (χ3v) is 4.14. The van der Waals surface area contributed by atoms with E-state index in [0.717, 1.165) is 45.6 Å². The maximum atomic E-state index is 9.52. The number of imidazole rings is 1. The monoisotopic (exact) mass is 341 g/mol. The zero-order valence-corrected chi connectivity index (χ0v) is 12.7. The molecule has 0 bridgehead atoms. The quantitative estimate of drug-likeness (QED) is 0.772. The molecule has 0 saturated carbocycles. The van der Waals surface area contributed by atoms with E-state index in [2.05, 4.69) is 30.3 Å². The normalized spacial score (nSPS) is 13.5. The van der Waals surface area contributed by atoms with E-state index in [0.29, 0.717) is 0 Å². The first-order valence-electron chi connectivity index (χ1n) is 6.69. The zero-order chi connectivity index (χ0) is 14.4. The van der Waals surface area contributed by atoms with Gasteiger partial charge in [-0.1, -0.05) is 6.07 Å². The van der Waals surface area contributed by atoms with Crippen LogP contribution in [0.4, 0.5) is 5.69 Å². The van der Waals surface area contributed by atoms with Crippen molar-refractivity contribution in [1.29, 1.82) is 0 Å². The van der Waals surface area contributed by atoms with Gasteiger partial charge in [-0.15, -0.1) is 0 Å². The molecule has 0 fully saturated rings. The Morgan fingerprint density at radius 2 is 2.14 bits per heavy atom. The van der Waals surface area contributed by atoms with Gasteiger partial charge in [0.15, 0.2) is 0 Å². The van der Waals surface area contributed by atoms with Crippen molar-refractivity contribution in [2.75, 3.05) is 0 Å². The molecule has 0 atom stereocenters. The van der Waals surface area contributed by atoms with Crippen LogP contribution in [0.5, 0.6) is 5.75 Å². The Morgan fingerprint density at radius 1 is 1.24 bits per heavy atom. The van der Waals surface area contributed by atoms with Crippen LogP contribution in [0.25, 0.3) is 5.65 Å². The number of halogens is 1. The number of nitrogens with zero attached hydrogens (tertiary/aromatic N) is 3. The van der Waals surface area contributed by atoms with E-state index in [1.54, 1.807) is 12.1 Å². The molecular weight excluding hydrogens is 330 g/mol. The predicted molar refractivity (Wildman–Crippen MR) is 85.5 cm³/mol. The van der Waals surface area contributed by atoms with Gasteiger partial charge < -0.3 is 9.51 Å². The van der Waals surface area contributed by atoms with E-state index < -0.39 is 0 Å². The van der Waals surface area contributed by atoms with Crippen LogP contribution in [0, 0.1) is 0 Å². The van der Waals surface area contributed by atoms with E-state index >= 15 is 0 Å². The number of benzene rings is 1. The minimum Gasteiger partial charge on any atom is -0.508 e. The summed E-state index contributed by atoms with van der Waals surface area (Å²) >= 11 is 3.49. The fourth-order valence-corrected chi connectivity index (χ4v) is 3.02. The Balaban J connectivity index is 1.67. The molecule has 5 heteroatoms. The maximum Gasteiger partial charge on any atom is 0.136 e. The molecule has 2 aromatic heterocycles. The van der Waals surface area contributed by atoms with E-state index in [-0.39, 0.29) is 5.75 Å². The van der Waals surface area contributed by atoms with Crippen LogP contribution in [-0.2, 0) is 12.8 Å². The molecule has 3 heterocycles. The number of rotatable bonds is 2. The summed E-state index contributed by atoms with van der Waals surface area (Å²) in [5.74, 6) is 0.262. The largest absolute Gasteiger partial charge is 0.508 e. The first-order chi connectivity index (χ1) is 10.2. The summed E-state index contributed by atoms with van der Waals surface area (Å²) in [5.41, 5.74) is 5.18. The molecule has 0 radical (unpaired) electrons. The average Bonchev–Trinajstić information content (AvgIpc) is 3.02. The molecule has 0 unspecified atom stereocenters. The van der Waals surface area contributed by atoms with Crippen molar-refractivity contribution < 1.29 is 5.11 Å². The fourth-order valence-electron chi connectivity index (χ4n) is 2.68. The van der Waals surface area contributed by atoms with Crippen LogP contribution >= 0.6 is 15.9 Å². The van der Waals surface area contributed by atoms with Gasteiger partial charge in [0, 0.05) is 47.2 Å². The van der Waals surface area contributed by atoms with Crippen molar-refractivity contribution in [1.82, 2.24) is 9.38 Å². The second-order valence-electron chi connectivity index (χ2n) is 5.17. The highest BCUT2D eigenvalue weighted by atomic mass is 79.9. The Hall–Kier alpha value is -2.14. The molecule has 4 rings (SSSR count). The van der Waals surface area contributed by atoms with E-state index in [4.69, 9.17) is 0 Å². The molecule has 1 aliphatic heterocycles. The van der Waals surface area contributed by atoms with Crippen molar-refractivity contribution in [2.45, 2.75) is 12.8 Å². The number of aromatic nitrogens is 2. The van der Waals surface area contributed by atoms with E-state index in [1.165, 1.54) is 0 Å². The highest BCUT2D eigenvalue weighted by molar-refractivity contribution is 9.10. The van der Waals surface area contributed by atoms with Crippen molar-refractivity contribution in [3.8, 4) is 5.75 Å². The van der Waals surface area contributed by atoms with Crippen LogP contribution < -0.4 is 0 Å². The minimum absolute atomic E-state index is 0.262. The van der Waals surface area contributed by atoms with Gasteiger partial charge in [-0.3, -0.25) is 4.99 Å². The van der Waals surface area contributed by atoms with Gasteiger partial charge in [-0.25, -0.2) is 4.98 Å². The van der Waals surface area contributed by atoms with E-state index in [9.17, 15) is 5.11 Å². The van der Waals surface area contributed by atoms with Gasteiger partial charge in [0.05, 0.1) is 5.69 Å². The Kier molecular flexibility index (Phi) is 2.82. The number of aromatic hydroxyl groups is 1. The van der Waals surface area contributed by atoms with Crippen LogP contribution in [-0.4, -0.2) is 20.2 Å². The van der Waals surface area contributed by atoms with Crippen molar-refractivity contribution in [2.24, 2.45) is 4.99 Å². The number of hydrogen-bond acceptors (Lipinski definition) is 3. The third-order valence-electron chi connectivity index (χ3n) is 3.67. The molecule has 0 aliphatic carbocycles. The molecule has 1 N–H and O–H groups in total. The first-order valence-corrected chi connectivity index (χ1v) is 7.48. The second-order valence-corrected chi connectivity index (χ2v) is 6.09. The van der Waals surface area contributed by atoms with Gasteiger partial charge in [0.25, 0.3) is 0 Å². The molecule has 21 heavy (non-hydrogen) atoms. The number of hydrogen-bond donors (Lipinski definition) is 1. The number of phenols is 1. The maximum absolute atomic E-state index is 9.52. The summed E-state index contributed by atoms with van der Waals surface area (Å²) in [4.78, 5) is 9.03. The Bertz CT molecular complexity index is 882. The lowest BCUT2D eigenvalue weighted by molar-refractivity contribution is 0.475. The lowest BCUT2D eigenvalue weighted by Gasteiger charge is -2.02. The van der Waals surface area contributed by atoms with Crippen LogP contribution in [0.1, 0.15) is 11.3 Å². The second kappa shape index (κ2) is 4.70. The zero-order valence-electron chi connectivity index (χ0n) is 11.1. The lowest BCUT2D eigenvalue weighted by Crippen LogP contribution is -2.05. The van der Waals surface area contributed by atoms with Gasteiger partial charge in [-0.05, 0) is 39.7 Å². The molecule has 0 saturated heterocycles. The molecular formula is C16H12BrN3O. The van der Waals surface area contributed by atoms with Crippen LogP contribution in [0.2, 0.25) is 0 Å². The molecule has 1 aromatic carbocycles. The van der Waals surface area contributed by atoms with Crippen molar-refractivity contribution in [3.63, 3.8) is 0 Å². The number of fused-ring (bicyclic) bond motifs is 2. The lowest BCUT2D eigenvalue weighted by atomic mass is 10.1. The SMILES string of the molecule is Oc1ccc2c(c1)N=C(Cc1cnc3ccc(Br)cn13)C2. The van der Waals surface area contributed by atoms with Crippen LogP contribution in [0.3, 0.4) is 0 Å². The van der Waals surface area contributed by atoms with Crippen molar-refractivity contribution in [3.05, 3.63) is 58.5 Å². The minimum atomic E-state index is 0.262. The van der Waals surface area contributed by atoms with Gasteiger partial charge >= 0.3 is 0 Å². The summed E-state index contributed by atoms with van der Waals surface area (Å²) in [6.07, 6.45) is 5.50. The summed E-state index contributed by atoms with van der Waals surface area (Å²) in [7, 11) is 0. The topological polar surface area (TPSA) is 49.9 Å². The summed E-state index contributed by atoms with van der Waals surface area (Å²) in [5, 5.41) is 9.52. The fraction of sp³-hybridized carbons (Fsp3) is 0.125. The average molecular weight is 342 g/mol. The molecule has 0 spiro atoms. The molecule has 1 aliphatic rings. The smallest absolute Gasteiger partial charge is 0.136 e. The summed E-state index contributed by atoms with van der Waals surface area (Å²) in [6, 6.07) is 9.33. The van der Waals surface area contributed by atoms with Crippen molar-refractivity contribution >= 4 is 33.0 Å². The Morgan fingerprint density at radius 3 is 3.05 bits per heavy atom. The van der Waals surface area contributed by atoms with Gasteiger partial charge in [0.1, 0.15) is 11.4 Å². The molecule has 104 valence electrons. The van der Waals surface area contributed by atoms with E-state index in [1.807, 2.05) is 30.6 Å². The number of pyridine rings is 1. The summed E-state index contributed by atoms with van der Waals surface area (Å²) < 4.78 is 3.10. The molecule has 0 amide bonds. The third kappa shape index (κ3) is 2.23. The first kappa shape index (κ1) is 12.6. The predicted octanol–water partition coefficient (Wildman–Crippen LogP) is 3.67. The number of aliphatic imine (C=N–C) groups is 1.